The zero-order valence-corrected chi connectivity index (χ0v) is 70.1. The summed E-state index contributed by atoms with van der Waals surface area (Å²) in [5.74, 6) is -0.516. The van der Waals surface area contributed by atoms with Crippen molar-refractivity contribution >= 4 is 39.5 Å². The average Bonchev–Trinajstić information content (AvgIpc) is 0.904. The Morgan fingerprint density at radius 2 is 0.442 bits per heavy atom. The van der Waals surface area contributed by atoms with Gasteiger partial charge in [0.2, 0.25) is 0 Å². The van der Waals surface area contributed by atoms with E-state index in [0.29, 0.717) is 25.7 Å². The summed E-state index contributed by atoms with van der Waals surface area (Å²) < 4.78 is 68.9. The lowest BCUT2D eigenvalue weighted by atomic mass is 10.0. The molecule has 2 unspecified atom stereocenters. The first kappa shape index (κ1) is 102. The fourth-order valence-corrected chi connectivity index (χ4v) is 14.8. The van der Waals surface area contributed by atoms with Crippen molar-refractivity contribution in [2.45, 2.75) is 471 Å². The Kier molecular flexibility index (Phi) is 75.0. The molecule has 618 valence electrons. The zero-order valence-electron chi connectivity index (χ0n) is 68.3. The van der Waals surface area contributed by atoms with Gasteiger partial charge in [0.1, 0.15) is 19.3 Å². The van der Waals surface area contributed by atoms with Crippen LogP contribution >= 0.6 is 15.6 Å². The lowest BCUT2D eigenvalue weighted by Gasteiger charge is -2.21. The highest BCUT2D eigenvalue weighted by molar-refractivity contribution is 7.47. The SMILES string of the molecule is CCCCCCCCCCCCCCCCCCCCCCC(=O)O[C@H](COC(=O)CCCCCCCCCCCCCCCCC(C)C)COP(=O)(O)OC[C@@H](O)COP(=O)(O)OC[C@@H](COC(=O)CCCCCCCCCCCCC)OC(=O)CCCCCCCCCCCCCCCC(C)C. The molecule has 0 aliphatic rings. The van der Waals surface area contributed by atoms with Crippen LogP contribution in [0.15, 0.2) is 0 Å². The molecule has 3 N–H and O–H groups in total. The highest BCUT2D eigenvalue weighted by atomic mass is 31.2. The van der Waals surface area contributed by atoms with Gasteiger partial charge in [0, 0.05) is 25.7 Å². The number of ether oxygens (including phenoxy) is 4. The van der Waals surface area contributed by atoms with Crippen molar-refractivity contribution in [1.82, 2.24) is 0 Å². The molecular weight excluding hydrogens is 1350 g/mol. The van der Waals surface area contributed by atoms with Crippen molar-refractivity contribution in [3.63, 3.8) is 0 Å². The molecule has 0 aromatic carbocycles. The van der Waals surface area contributed by atoms with Crippen molar-refractivity contribution in [3.8, 4) is 0 Å². The maximum Gasteiger partial charge on any atom is 0.472 e. The van der Waals surface area contributed by atoms with Crippen LogP contribution < -0.4 is 0 Å². The van der Waals surface area contributed by atoms with Gasteiger partial charge in [-0.3, -0.25) is 37.3 Å². The Bertz CT molecular complexity index is 1990. The van der Waals surface area contributed by atoms with E-state index < -0.39 is 97.5 Å². The second-order valence-electron chi connectivity index (χ2n) is 31.5. The predicted molar refractivity (Wildman–Crippen MR) is 428 cm³/mol. The molecule has 0 saturated heterocycles. The second kappa shape index (κ2) is 76.4. The minimum atomic E-state index is -4.96. The van der Waals surface area contributed by atoms with Crippen LogP contribution in [0.25, 0.3) is 0 Å². The van der Waals surface area contributed by atoms with Crippen LogP contribution in [-0.4, -0.2) is 96.7 Å². The summed E-state index contributed by atoms with van der Waals surface area (Å²) in [7, 11) is -9.93. The number of aliphatic hydroxyl groups excluding tert-OH is 1. The van der Waals surface area contributed by atoms with E-state index in [4.69, 9.17) is 37.0 Å². The van der Waals surface area contributed by atoms with E-state index in [1.807, 2.05) is 0 Å². The fraction of sp³-hybridized carbons (Fsp3) is 0.953. The van der Waals surface area contributed by atoms with E-state index in [9.17, 15) is 43.2 Å². The van der Waals surface area contributed by atoms with Gasteiger partial charge < -0.3 is 33.8 Å². The predicted octanol–water partition coefficient (Wildman–Crippen LogP) is 25.8. The van der Waals surface area contributed by atoms with Gasteiger partial charge in [-0.15, -0.1) is 0 Å². The largest absolute Gasteiger partial charge is 0.472 e. The number of hydrogen-bond acceptors (Lipinski definition) is 15. The van der Waals surface area contributed by atoms with Crippen molar-refractivity contribution in [1.29, 1.82) is 0 Å². The molecule has 104 heavy (non-hydrogen) atoms. The van der Waals surface area contributed by atoms with Crippen LogP contribution in [0.5, 0.6) is 0 Å². The third kappa shape index (κ3) is 78.2. The van der Waals surface area contributed by atoms with E-state index in [0.717, 1.165) is 102 Å². The van der Waals surface area contributed by atoms with Gasteiger partial charge >= 0.3 is 39.5 Å². The molecule has 0 bridgehead atoms. The topological polar surface area (TPSA) is 237 Å². The quantitative estimate of drug-likeness (QED) is 0.0222. The third-order valence-corrected chi connectivity index (χ3v) is 21.9. The lowest BCUT2D eigenvalue weighted by Crippen LogP contribution is -2.30. The summed E-state index contributed by atoms with van der Waals surface area (Å²) in [6.07, 6.45) is 67.9. The summed E-state index contributed by atoms with van der Waals surface area (Å²) in [6.45, 7) is 9.70. The molecular formula is C85H166O17P2. The normalized spacial score (nSPS) is 13.8. The van der Waals surface area contributed by atoms with E-state index in [1.165, 1.54) is 270 Å². The van der Waals surface area contributed by atoms with E-state index in [1.54, 1.807) is 0 Å². The highest BCUT2D eigenvalue weighted by Crippen LogP contribution is 2.45. The van der Waals surface area contributed by atoms with Crippen LogP contribution in [0.4, 0.5) is 0 Å². The van der Waals surface area contributed by atoms with Crippen LogP contribution in [0.1, 0.15) is 452 Å². The molecule has 0 aliphatic heterocycles. The molecule has 0 amide bonds. The maximum atomic E-state index is 13.1. The van der Waals surface area contributed by atoms with E-state index in [-0.39, 0.29) is 25.7 Å². The van der Waals surface area contributed by atoms with Crippen molar-refractivity contribution in [2.24, 2.45) is 11.8 Å². The molecule has 0 aromatic heterocycles. The number of aliphatic hydroxyl groups is 1. The van der Waals surface area contributed by atoms with Gasteiger partial charge in [0.25, 0.3) is 0 Å². The average molecular weight is 1520 g/mol. The van der Waals surface area contributed by atoms with Gasteiger partial charge in [-0.25, -0.2) is 9.13 Å². The third-order valence-electron chi connectivity index (χ3n) is 20.0. The molecule has 0 heterocycles. The van der Waals surface area contributed by atoms with Gasteiger partial charge in [0.15, 0.2) is 12.2 Å². The molecule has 17 nitrogen and oxygen atoms in total. The number of hydrogen-bond donors (Lipinski definition) is 3. The molecule has 0 saturated carbocycles. The van der Waals surface area contributed by atoms with Crippen LogP contribution in [0.3, 0.4) is 0 Å². The summed E-state index contributed by atoms with van der Waals surface area (Å²) >= 11 is 0. The molecule has 0 fully saturated rings. The van der Waals surface area contributed by atoms with Crippen LogP contribution in [0.2, 0.25) is 0 Å². The number of phosphoric acid groups is 2. The van der Waals surface area contributed by atoms with Gasteiger partial charge in [0.05, 0.1) is 26.4 Å². The Hall–Kier alpha value is -1.94. The Labute approximate surface area is 638 Å². The minimum absolute atomic E-state index is 0.108. The number of unbranched alkanes of at least 4 members (excludes halogenated alkanes) is 54. The first-order chi connectivity index (χ1) is 50.4. The van der Waals surface area contributed by atoms with Crippen molar-refractivity contribution in [2.75, 3.05) is 39.6 Å². The summed E-state index contributed by atoms with van der Waals surface area (Å²) in [5.41, 5.74) is 0. The zero-order chi connectivity index (χ0) is 76.4. The molecule has 5 atom stereocenters. The van der Waals surface area contributed by atoms with Gasteiger partial charge in [-0.1, -0.05) is 401 Å². The van der Waals surface area contributed by atoms with Gasteiger partial charge in [-0.2, -0.15) is 0 Å². The highest BCUT2D eigenvalue weighted by Gasteiger charge is 2.30. The van der Waals surface area contributed by atoms with E-state index in [2.05, 4.69) is 41.5 Å². The summed E-state index contributed by atoms with van der Waals surface area (Å²) in [6, 6.07) is 0. The summed E-state index contributed by atoms with van der Waals surface area (Å²) in [5, 5.41) is 10.7. The standard InChI is InChI=1S/C85H166O17P2/c1-7-9-11-13-15-17-19-20-21-22-23-24-25-26-33-39-45-51-57-63-69-84(89)102-81(74-96-83(88)68-62-56-50-44-38-32-28-27-30-36-41-47-53-59-65-77(3)4)76-100-104(93,94)98-72-79(86)71-97-103(91,92)99-75-80(73-95-82(87)67-61-55-49-43-35-18-16-14-12-10-8-2)101-85(90)70-64-58-52-46-40-34-29-31-37-42-48-54-60-66-78(5)6/h77-81,86H,7-76H2,1-6H3,(H,91,92)(H,93,94)/t79-,80+,81+/m0/s1. The number of carbonyl (C=O) groups is 4. The first-order valence-corrected chi connectivity index (χ1v) is 47.0. The number of carbonyl (C=O) groups excluding carboxylic acids is 4. The Morgan fingerprint density at radius 3 is 0.654 bits per heavy atom. The maximum absolute atomic E-state index is 13.1. The Balaban J connectivity index is 5.24. The summed E-state index contributed by atoms with van der Waals surface area (Å²) in [4.78, 5) is 73.2. The number of rotatable bonds is 84. The number of esters is 4. The van der Waals surface area contributed by atoms with E-state index >= 15 is 0 Å². The monoisotopic (exact) mass is 1520 g/mol. The molecule has 0 radical (unpaired) electrons. The lowest BCUT2D eigenvalue weighted by molar-refractivity contribution is -0.161. The first-order valence-electron chi connectivity index (χ1n) is 44.0. The molecule has 0 aliphatic carbocycles. The fourth-order valence-electron chi connectivity index (χ4n) is 13.2. The van der Waals surface area contributed by atoms with Gasteiger partial charge in [-0.05, 0) is 37.5 Å². The van der Waals surface area contributed by atoms with Crippen molar-refractivity contribution in [3.05, 3.63) is 0 Å². The molecule has 0 spiro atoms. The smallest absolute Gasteiger partial charge is 0.462 e. The molecule has 0 rings (SSSR count). The minimum Gasteiger partial charge on any atom is -0.462 e. The van der Waals surface area contributed by atoms with Crippen LogP contribution in [-0.2, 0) is 65.4 Å². The molecule has 0 aromatic rings. The molecule has 19 heteroatoms. The van der Waals surface area contributed by atoms with Crippen molar-refractivity contribution < 1.29 is 80.2 Å². The Morgan fingerprint density at radius 1 is 0.260 bits per heavy atom. The number of phosphoric ester groups is 2. The van der Waals surface area contributed by atoms with Crippen LogP contribution in [0, 0.1) is 11.8 Å². The second-order valence-corrected chi connectivity index (χ2v) is 34.4.